The Morgan fingerprint density at radius 1 is 1.26 bits per heavy atom. The van der Waals surface area contributed by atoms with Crippen molar-refractivity contribution in [2.75, 3.05) is 45.9 Å². The number of piperazine rings is 3. The van der Waals surface area contributed by atoms with Gasteiger partial charge in [0.25, 0.3) is 0 Å². The van der Waals surface area contributed by atoms with Gasteiger partial charge >= 0.3 is 0 Å². The Morgan fingerprint density at radius 2 is 2.11 bits per heavy atom. The van der Waals surface area contributed by atoms with Crippen LogP contribution >= 0.6 is 0 Å². The van der Waals surface area contributed by atoms with Gasteiger partial charge in [-0.15, -0.1) is 0 Å². The summed E-state index contributed by atoms with van der Waals surface area (Å²) in [4.78, 5) is 5.35. The molecular formula is C15H29N3O. The number of ether oxygens (including phenoxy) is 1. The Labute approximate surface area is 117 Å². The van der Waals surface area contributed by atoms with Crippen LogP contribution in [-0.4, -0.2) is 73.9 Å². The van der Waals surface area contributed by atoms with Crippen LogP contribution in [0.15, 0.2) is 0 Å². The van der Waals surface area contributed by atoms with Crippen LogP contribution in [0.3, 0.4) is 0 Å². The maximum absolute atomic E-state index is 5.78. The number of hydrogen-bond donors (Lipinski definition) is 1. The smallest absolute Gasteiger partial charge is 0.0576 e. The first kappa shape index (κ1) is 13.8. The van der Waals surface area contributed by atoms with E-state index in [1.165, 1.54) is 58.4 Å². The number of fused-ring (bicyclic) bond motifs is 3. The minimum Gasteiger partial charge on any atom is -0.378 e. The van der Waals surface area contributed by atoms with Gasteiger partial charge in [-0.05, 0) is 32.2 Å². The van der Waals surface area contributed by atoms with E-state index < -0.39 is 0 Å². The van der Waals surface area contributed by atoms with Gasteiger partial charge in [0, 0.05) is 51.4 Å². The molecule has 4 aliphatic heterocycles. The van der Waals surface area contributed by atoms with Crippen molar-refractivity contribution in [1.29, 1.82) is 0 Å². The van der Waals surface area contributed by atoms with Crippen molar-refractivity contribution in [3.8, 4) is 0 Å². The number of nitrogens with zero attached hydrogens (tertiary/aromatic N) is 2. The minimum absolute atomic E-state index is 0.539. The predicted molar refractivity (Wildman–Crippen MR) is 77.5 cm³/mol. The fraction of sp³-hybridized carbons (Fsp3) is 1.00. The van der Waals surface area contributed by atoms with Crippen LogP contribution in [0, 0.1) is 0 Å². The van der Waals surface area contributed by atoms with E-state index in [9.17, 15) is 0 Å². The molecule has 0 spiro atoms. The van der Waals surface area contributed by atoms with Crippen molar-refractivity contribution in [1.82, 2.24) is 15.1 Å². The first-order chi connectivity index (χ1) is 9.36. The molecule has 4 nitrogen and oxygen atoms in total. The molecule has 4 heterocycles. The topological polar surface area (TPSA) is 27.7 Å². The lowest BCUT2D eigenvalue weighted by Crippen LogP contribution is -2.66. The summed E-state index contributed by atoms with van der Waals surface area (Å²) in [6.07, 6.45) is 5.59. The van der Waals surface area contributed by atoms with E-state index in [1.54, 1.807) is 0 Å². The molecule has 4 fully saturated rings. The van der Waals surface area contributed by atoms with Crippen LogP contribution in [-0.2, 0) is 4.74 Å². The number of likely N-dealkylation sites (N-methyl/N-ethyl adjacent to an activating group) is 1. The standard InChI is InChI=1S/C15H29N3O/c1-2-16-14(6-5-13-4-3-11-19-13)15-12-17-7-9-18(15)10-8-17/h13-16H,2-12H2,1H3. The van der Waals surface area contributed by atoms with Gasteiger partial charge in [0.1, 0.15) is 0 Å². The Kier molecular flexibility index (Phi) is 4.74. The summed E-state index contributed by atoms with van der Waals surface area (Å²) in [7, 11) is 0. The molecule has 0 aromatic rings. The van der Waals surface area contributed by atoms with E-state index >= 15 is 0 Å². The third kappa shape index (κ3) is 3.30. The third-order valence-corrected chi connectivity index (χ3v) is 5.08. The van der Waals surface area contributed by atoms with Crippen molar-refractivity contribution in [3.63, 3.8) is 0 Å². The molecule has 4 heteroatoms. The van der Waals surface area contributed by atoms with Crippen molar-refractivity contribution in [3.05, 3.63) is 0 Å². The zero-order valence-corrected chi connectivity index (χ0v) is 12.3. The molecule has 3 atom stereocenters. The molecule has 19 heavy (non-hydrogen) atoms. The normalized spacial score (nSPS) is 39.6. The molecule has 1 N–H and O–H groups in total. The van der Waals surface area contributed by atoms with Gasteiger partial charge < -0.3 is 10.1 Å². The second kappa shape index (κ2) is 6.53. The molecule has 2 bridgehead atoms. The van der Waals surface area contributed by atoms with E-state index in [4.69, 9.17) is 4.74 Å². The Balaban J connectivity index is 1.53. The van der Waals surface area contributed by atoms with Gasteiger partial charge in [0.15, 0.2) is 0 Å². The molecule has 110 valence electrons. The molecule has 0 aromatic heterocycles. The summed E-state index contributed by atoms with van der Waals surface area (Å²) in [5, 5.41) is 3.74. The molecule has 4 aliphatic rings. The van der Waals surface area contributed by atoms with Gasteiger partial charge in [-0.2, -0.15) is 0 Å². The SMILES string of the molecule is CCNC(CCC1CCCO1)C1CN2CCN1CC2. The van der Waals surface area contributed by atoms with Gasteiger partial charge in [-0.1, -0.05) is 6.92 Å². The number of nitrogens with one attached hydrogen (secondary N) is 1. The van der Waals surface area contributed by atoms with Gasteiger partial charge in [-0.3, -0.25) is 9.80 Å². The molecule has 3 unspecified atom stereocenters. The minimum atomic E-state index is 0.539. The Bertz CT molecular complexity index is 273. The third-order valence-electron chi connectivity index (χ3n) is 5.08. The lowest BCUT2D eigenvalue weighted by atomic mass is 9.94. The van der Waals surface area contributed by atoms with Gasteiger partial charge in [0.2, 0.25) is 0 Å². The van der Waals surface area contributed by atoms with Crippen LogP contribution < -0.4 is 5.32 Å². The number of hydrogen-bond acceptors (Lipinski definition) is 4. The average molecular weight is 267 g/mol. The van der Waals surface area contributed by atoms with Gasteiger partial charge in [-0.25, -0.2) is 0 Å². The summed E-state index contributed by atoms with van der Waals surface area (Å²) in [6.45, 7) is 10.7. The monoisotopic (exact) mass is 267 g/mol. The van der Waals surface area contributed by atoms with E-state index in [-0.39, 0.29) is 0 Å². The van der Waals surface area contributed by atoms with Crippen LogP contribution in [0.5, 0.6) is 0 Å². The van der Waals surface area contributed by atoms with E-state index in [0.29, 0.717) is 12.1 Å². The van der Waals surface area contributed by atoms with Crippen LogP contribution in [0.25, 0.3) is 0 Å². The molecule has 0 aromatic carbocycles. The molecule has 0 aliphatic carbocycles. The molecular weight excluding hydrogens is 238 g/mol. The maximum atomic E-state index is 5.78. The van der Waals surface area contributed by atoms with Crippen LogP contribution in [0.4, 0.5) is 0 Å². The maximum Gasteiger partial charge on any atom is 0.0576 e. The highest BCUT2D eigenvalue weighted by atomic mass is 16.5. The summed E-state index contributed by atoms with van der Waals surface area (Å²) >= 11 is 0. The summed E-state index contributed by atoms with van der Waals surface area (Å²) in [6, 6.07) is 1.38. The first-order valence-electron chi connectivity index (χ1n) is 8.18. The molecule has 0 amide bonds. The molecule has 4 rings (SSSR count). The van der Waals surface area contributed by atoms with Crippen LogP contribution in [0.1, 0.15) is 32.6 Å². The van der Waals surface area contributed by atoms with E-state index in [0.717, 1.165) is 19.2 Å². The zero-order valence-electron chi connectivity index (χ0n) is 12.3. The molecule has 0 saturated carbocycles. The average Bonchev–Trinajstić information content (AvgIpc) is 2.98. The highest BCUT2D eigenvalue weighted by molar-refractivity contribution is 4.95. The Hall–Kier alpha value is -0.160. The van der Waals surface area contributed by atoms with Crippen molar-refractivity contribution in [2.24, 2.45) is 0 Å². The quantitative estimate of drug-likeness (QED) is 0.775. The second-order valence-corrected chi connectivity index (χ2v) is 6.28. The van der Waals surface area contributed by atoms with E-state index in [1.807, 2.05) is 0 Å². The molecule has 4 saturated heterocycles. The lowest BCUT2D eigenvalue weighted by Gasteiger charge is -2.50. The summed E-state index contributed by atoms with van der Waals surface area (Å²) < 4.78 is 5.78. The van der Waals surface area contributed by atoms with Gasteiger partial charge in [0.05, 0.1) is 6.10 Å². The summed E-state index contributed by atoms with van der Waals surface area (Å²) in [5.74, 6) is 0. The largest absolute Gasteiger partial charge is 0.378 e. The fourth-order valence-corrected chi connectivity index (χ4v) is 3.97. The lowest BCUT2D eigenvalue weighted by molar-refractivity contribution is -0.00697. The van der Waals surface area contributed by atoms with Crippen molar-refractivity contribution < 1.29 is 4.74 Å². The second-order valence-electron chi connectivity index (χ2n) is 6.28. The predicted octanol–water partition coefficient (Wildman–Crippen LogP) is 0.924. The number of rotatable bonds is 6. The Morgan fingerprint density at radius 3 is 2.68 bits per heavy atom. The summed E-state index contributed by atoms with van der Waals surface area (Å²) in [5.41, 5.74) is 0. The highest BCUT2D eigenvalue weighted by Crippen LogP contribution is 2.23. The van der Waals surface area contributed by atoms with Crippen molar-refractivity contribution in [2.45, 2.75) is 50.8 Å². The van der Waals surface area contributed by atoms with Crippen molar-refractivity contribution >= 4 is 0 Å². The fourth-order valence-electron chi connectivity index (χ4n) is 3.97. The van der Waals surface area contributed by atoms with Crippen LogP contribution in [0.2, 0.25) is 0 Å². The first-order valence-corrected chi connectivity index (χ1v) is 8.18. The molecule has 0 radical (unpaired) electrons. The van der Waals surface area contributed by atoms with E-state index in [2.05, 4.69) is 22.0 Å². The zero-order chi connectivity index (χ0) is 13.1. The highest BCUT2D eigenvalue weighted by Gasteiger charge is 2.36.